The Hall–Kier alpha value is -0.820. The van der Waals surface area contributed by atoms with Crippen LogP contribution in [0.5, 0.6) is 5.75 Å². The molecule has 1 rings (SSSR count). The van der Waals surface area contributed by atoms with Gasteiger partial charge in [0, 0.05) is 26.1 Å². The molecule has 0 radical (unpaired) electrons. The molecule has 114 valence electrons. The predicted octanol–water partition coefficient (Wildman–Crippen LogP) is 2.09. The Labute approximate surface area is 125 Å². The minimum atomic E-state index is -3.63. The average Bonchev–Trinajstić information content (AvgIpc) is 2.47. The monoisotopic (exact) mass is 321 g/mol. The molecule has 0 N–H and O–H groups in total. The average molecular weight is 322 g/mol. The topological polar surface area (TPSA) is 55.8 Å². The Kier molecular flexibility index (Phi) is 6.75. The second-order valence-corrected chi connectivity index (χ2v) is 6.28. The molecule has 7 heteroatoms. The molecule has 1 aromatic rings. The Morgan fingerprint density at radius 1 is 1.30 bits per heavy atom. The lowest BCUT2D eigenvalue weighted by Crippen LogP contribution is -2.34. The highest BCUT2D eigenvalue weighted by Gasteiger charge is 2.26. The summed E-state index contributed by atoms with van der Waals surface area (Å²) in [6.07, 6.45) is 0. The highest BCUT2D eigenvalue weighted by atomic mass is 35.5. The van der Waals surface area contributed by atoms with Crippen LogP contribution in [0.3, 0.4) is 0 Å². The van der Waals surface area contributed by atoms with Crippen molar-refractivity contribution < 1.29 is 17.9 Å². The summed E-state index contributed by atoms with van der Waals surface area (Å²) in [6.45, 7) is 2.78. The van der Waals surface area contributed by atoms with Crippen molar-refractivity contribution in [2.24, 2.45) is 0 Å². The largest absolute Gasteiger partial charge is 0.495 e. The van der Waals surface area contributed by atoms with E-state index in [1.807, 2.05) is 0 Å². The molecule has 0 aliphatic carbocycles. The lowest BCUT2D eigenvalue weighted by molar-refractivity contribution is 0.180. The number of sulfonamides is 1. The molecule has 0 unspecified atom stereocenters. The molecule has 5 nitrogen and oxygen atoms in total. The van der Waals surface area contributed by atoms with Gasteiger partial charge in [0.15, 0.2) is 0 Å². The van der Waals surface area contributed by atoms with Gasteiger partial charge in [-0.25, -0.2) is 8.42 Å². The molecule has 0 heterocycles. The molecular formula is C13H20ClNO4S. The Balaban J connectivity index is 3.24. The number of benzene rings is 1. The highest BCUT2D eigenvalue weighted by molar-refractivity contribution is 7.89. The number of hydrogen-bond donors (Lipinski definition) is 0. The van der Waals surface area contributed by atoms with E-state index in [4.69, 9.17) is 21.1 Å². The van der Waals surface area contributed by atoms with Gasteiger partial charge in [-0.3, -0.25) is 0 Å². The molecular weight excluding hydrogens is 302 g/mol. The lowest BCUT2D eigenvalue weighted by Gasteiger charge is -2.21. The highest BCUT2D eigenvalue weighted by Crippen LogP contribution is 2.28. The van der Waals surface area contributed by atoms with Gasteiger partial charge in [-0.15, -0.1) is 11.6 Å². The van der Waals surface area contributed by atoms with Gasteiger partial charge < -0.3 is 9.47 Å². The standard InChI is InChI=1S/C13H20ClNO4S/c1-4-15(7-8-18-2)20(16,17)13-9-11(10-14)5-6-12(13)19-3/h5-6,9H,4,7-8,10H2,1-3H3. The fourth-order valence-electron chi connectivity index (χ4n) is 1.79. The third kappa shape index (κ3) is 3.85. The van der Waals surface area contributed by atoms with Crippen molar-refractivity contribution >= 4 is 21.6 Å². The summed E-state index contributed by atoms with van der Waals surface area (Å²) in [7, 11) is -0.648. The maximum absolute atomic E-state index is 12.7. The third-order valence-corrected chi connectivity index (χ3v) is 5.20. The van der Waals surface area contributed by atoms with E-state index in [1.165, 1.54) is 18.5 Å². The molecule has 0 aliphatic rings. The molecule has 0 aromatic heterocycles. The van der Waals surface area contributed by atoms with Crippen LogP contribution in [0, 0.1) is 0 Å². The van der Waals surface area contributed by atoms with E-state index in [2.05, 4.69) is 0 Å². The van der Waals surface area contributed by atoms with Crippen LogP contribution >= 0.6 is 11.6 Å². The van der Waals surface area contributed by atoms with Crippen LogP contribution in [0.2, 0.25) is 0 Å². The summed E-state index contributed by atoms with van der Waals surface area (Å²) < 4.78 is 36.8. The van der Waals surface area contributed by atoms with E-state index in [0.29, 0.717) is 25.4 Å². The van der Waals surface area contributed by atoms with Crippen molar-refractivity contribution in [3.8, 4) is 5.75 Å². The van der Waals surface area contributed by atoms with Crippen LogP contribution in [0.25, 0.3) is 0 Å². The normalized spacial score (nSPS) is 11.8. The zero-order chi connectivity index (χ0) is 15.2. The van der Waals surface area contributed by atoms with Crippen LogP contribution in [-0.4, -0.2) is 46.6 Å². The van der Waals surface area contributed by atoms with Crippen molar-refractivity contribution in [3.05, 3.63) is 23.8 Å². The first-order valence-electron chi connectivity index (χ1n) is 6.23. The number of hydrogen-bond acceptors (Lipinski definition) is 4. The summed E-state index contributed by atoms with van der Waals surface area (Å²) in [5.41, 5.74) is 0.730. The Morgan fingerprint density at radius 2 is 2.00 bits per heavy atom. The molecule has 0 bridgehead atoms. The number of nitrogens with zero attached hydrogens (tertiary/aromatic N) is 1. The zero-order valence-corrected chi connectivity index (χ0v) is 13.5. The summed E-state index contributed by atoms with van der Waals surface area (Å²) in [5, 5.41) is 0. The van der Waals surface area contributed by atoms with E-state index >= 15 is 0 Å². The molecule has 0 spiro atoms. The zero-order valence-electron chi connectivity index (χ0n) is 11.9. The fourth-order valence-corrected chi connectivity index (χ4v) is 3.59. The van der Waals surface area contributed by atoms with Gasteiger partial charge in [0.1, 0.15) is 10.6 Å². The summed E-state index contributed by atoms with van der Waals surface area (Å²) in [5.74, 6) is 0.561. The van der Waals surface area contributed by atoms with Gasteiger partial charge in [0.2, 0.25) is 10.0 Å². The van der Waals surface area contributed by atoms with E-state index in [0.717, 1.165) is 5.56 Å². The Morgan fingerprint density at radius 3 is 2.50 bits per heavy atom. The second-order valence-electron chi connectivity index (χ2n) is 4.11. The first-order chi connectivity index (χ1) is 9.51. The van der Waals surface area contributed by atoms with Gasteiger partial charge in [0.05, 0.1) is 13.7 Å². The molecule has 0 amide bonds. The smallest absolute Gasteiger partial charge is 0.246 e. The van der Waals surface area contributed by atoms with Crippen molar-refractivity contribution in [2.45, 2.75) is 17.7 Å². The van der Waals surface area contributed by atoms with Gasteiger partial charge in [0.25, 0.3) is 0 Å². The molecule has 0 atom stereocenters. The summed E-state index contributed by atoms with van der Waals surface area (Å²) in [4.78, 5) is 0.135. The molecule has 1 aromatic carbocycles. The molecule has 0 fully saturated rings. The SMILES string of the molecule is CCN(CCOC)S(=O)(=O)c1cc(CCl)ccc1OC. The van der Waals surface area contributed by atoms with Crippen LogP contribution in [0.4, 0.5) is 0 Å². The minimum absolute atomic E-state index is 0.135. The minimum Gasteiger partial charge on any atom is -0.495 e. The van der Waals surface area contributed by atoms with Gasteiger partial charge in [-0.1, -0.05) is 13.0 Å². The van der Waals surface area contributed by atoms with Crippen molar-refractivity contribution in [1.29, 1.82) is 0 Å². The summed E-state index contributed by atoms with van der Waals surface area (Å²) >= 11 is 5.77. The molecule has 20 heavy (non-hydrogen) atoms. The van der Waals surface area contributed by atoms with E-state index < -0.39 is 10.0 Å². The Bertz CT molecular complexity index is 533. The van der Waals surface area contributed by atoms with Crippen LogP contribution in [0.15, 0.2) is 23.1 Å². The quantitative estimate of drug-likeness (QED) is 0.688. The van der Waals surface area contributed by atoms with Crippen molar-refractivity contribution in [1.82, 2.24) is 4.31 Å². The van der Waals surface area contributed by atoms with E-state index in [1.54, 1.807) is 25.1 Å². The first kappa shape index (κ1) is 17.2. The van der Waals surface area contributed by atoms with Crippen molar-refractivity contribution in [3.63, 3.8) is 0 Å². The van der Waals surface area contributed by atoms with Crippen LogP contribution in [0.1, 0.15) is 12.5 Å². The van der Waals surface area contributed by atoms with Crippen molar-refractivity contribution in [2.75, 3.05) is 33.9 Å². The maximum atomic E-state index is 12.7. The van der Waals surface area contributed by atoms with Gasteiger partial charge in [-0.2, -0.15) is 4.31 Å². The van der Waals surface area contributed by atoms with Crippen LogP contribution in [-0.2, 0) is 20.6 Å². The third-order valence-electron chi connectivity index (χ3n) is 2.90. The first-order valence-corrected chi connectivity index (χ1v) is 8.20. The van der Waals surface area contributed by atoms with Crippen LogP contribution < -0.4 is 4.74 Å². The van der Waals surface area contributed by atoms with E-state index in [9.17, 15) is 8.42 Å². The number of likely N-dealkylation sites (N-methyl/N-ethyl adjacent to an activating group) is 1. The fraction of sp³-hybridized carbons (Fsp3) is 0.538. The summed E-state index contributed by atoms with van der Waals surface area (Å²) in [6, 6.07) is 4.92. The van der Waals surface area contributed by atoms with E-state index in [-0.39, 0.29) is 10.8 Å². The maximum Gasteiger partial charge on any atom is 0.246 e. The number of methoxy groups -OCH3 is 2. The number of ether oxygens (including phenoxy) is 2. The van der Waals surface area contributed by atoms with Gasteiger partial charge >= 0.3 is 0 Å². The lowest BCUT2D eigenvalue weighted by atomic mass is 10.2. The molecule has 0 saturated heterocycles. The number of alkyl halides is 1. The second kappa shape index (κ2) is 7.83. The number of halogens is 1. The molecule has 0 aliphatic heterocycles. The molecule has 0 saturated carbocycles. The van der Waals surface area contributed by atoms with Gasteiger partial charge in [-0.05, 0) is 17.7 Å². The number of rotatable bonds is 8. The predicted molar refractivity (Wildman–Crippen MR) is 78.9 cm³/mol.